The molecular weight excluding hydrogens is 300 g/mol. The van der Waals surface area contributed by atoms with Gasteiger partial charge in [-0.1, -0.05) is 19.4 Å². The third kappa shape index (κ3) is 1.88. The lowest BCUT2D eigenvalue weighted by molar-refractivity contribution is -0.185. The number of Topliss-reactive ketones (excluding diaryl/α,β-unsaturated/α-hetero) is 1. The third-order valence-electron chi connectivity index (χ3n) is 8.64. The van der Waals surface area contributed by atoms with E-state index in [4.69, 9.17) is 0 Å². The van der Waals surface area contributed by atoms with Crippen LogP contribution in [0.3, 0.4) is 0 Å². The molecule has 0 aromatic carbocycles. The Kier molecular flexibility index (Phi) is 3.46. The highest BCUT2D eigenvalue weighted by Crippen LogP contribution is 2.68. The van der Waals surface area contributed by atoms with Gasteiger partial charge in [-0.25, -0.2) is 0 Å². The van der Waals surface area contributed by atoms with Crippen molar-refractivity contribution >= 4 is 11.6 Å². The monoisotopic (exact) mass is 330 g/mol. The highest BCUT2D eigenvalue weighted by atomic mass is 16.3. The molecule has 132 valence electrons. The lowest BCUT2D eigenvalue weighted by Crippen LogP contribution is -2.61. The highest BCUT2D eigenvalue weighted by molar-refractivity contribution is 5.91. The summed E-state index contributed by atoms with van der Waals surface area (Å²) < 4.78 is 0. The lowest BCUT2D eigenvalue weighted by Gasteiger charge is -2.61. The molecule has 0 amide bonds. The maximum atomic E-state index is 12.2. The summed E-state index contributed by atoms with van der Waals surface area (Å²) in [4.78, 5) is 24.0. The molecule has 3 saturated carbocycles. The molecule has 3 nitrogen and oxygen atoms in total. The fourth-order valence-corrected chi connectivity index (χ4v) is 7.18. The fraction of sp³-hybridized carbons (Fsp3) is 0.810. The molecule has 0 saturated heterocycles. The van der Waals surface area contributed by atoms with Crippen LogP contribution in [0.15, 0.2) is 11.6 Å². The molecular formula is C21H30O3. The minimum atomic E-state index is -0.706. The van der Waals surface area contributed by atoms with Crippen molar-refractivity contribution in [1.29, 1.82) is 0 Å². The van der Waals surface area contributed by atoms with Crippen LogP contribution in [0.25, 0.3) is 0 Å². The Labute approximate surface area is 144 Å². The molecule has 4 rings (SSSR count). The highest BCUT2D eigenvalue weighted by Gasteiger charge is 2.67. The summed E-state index contributed by atoms with van der Waals surface area (Å²) in [7, 11) is 0. The van der Waals surface area contributed by atoms with Crippen LogP contribution >= 0.6 is 0 Å². The van der Waals surface area contributed by atoms with Crippen molar-refractivity contribution < 1.29 is 14.7 Å². The SMILES string of the molecule is CC(=O)[C@@H]1CC[C@]2(O)[C@H]3CCC4=CC(=O)CC[C@]4(C)[C@@H]3CC[C@@]12C. The van der Waals surface area contributed by atoms with Crippen molar-refractivity contribution in [3.8, 4) is 0 Å². The molecule has 0 spiro atoms. The normalized spacial score (nSPS) is 50.6. The summed E-state index contributed by atoms with van der Waals surface area (Å²) in [6.07, 6.45) is 9.01. The number of rotatable bonds is 1. The van der Waals surface area contributed by atoms with Crippen LogP contribution in [0.1, 0.15) is 72.1 Å². The van der Waals surface area contributed by atoms with E-state index in [0.29, 0.717) is 12.3 Å². The zero-order valence-corrected chi connectivity index (χ0v) is 15.2. The molecule has 4 aliphatic rings. The summed E-state index contributed by atoms with van der Waals surface area (Å²) in [5, 5.41) is 11.8. The van der Waals surface area contributed by atoms with Gasteiger partial charge >= 0.3 is 0 Å². The predicted molar refractivity (Wildman–Crippen MR) is 92.3 cm³/mol. The van der Waals surface area contributed by atoms with E-state index in [0.717, 1.165) is 44.9 Å². The number of ketones is 2. The molecule has 0 unspecified atom stereocenters. The topological polar surface area (TPSA) is 54.4 Å². The number of hydrogen-bond donors (Lipinski definition) is 1. The average Bonchev–Trinajstić information content (AvgIpc) is 2.80. The van der Waals surface area contributed by atoms with E-state index < -0.39 is 5.60 Å². The Bertz CT molecular complexity index is 635. The zero-order chi connectivity index (χ0) is 17.3. The lowest BCUT2D eigenvalue weighted by atomic mass is 9.45. The van der Waals surface area contributed by atoms with Gasteiger partial charge in [0.15, 0.2) is 5.78 Å². The molecule has 4 aliphatic carbocycles. The second kappa shape index (κ2) is 5.03. The number of fused-ring (bicyclic) bond motifs is 5. The predicted octanol–water partition coefficient (Wildman–Crippen LogP) is 3.84. The fourth-order valence-electron chi connectivity index (χ4n) is 7.18. The van der Waals surface area contributed by atoms with Gasteiger partial charge in [-0.05, 0) is 75.2 Å². The summed E-state index contributed by atoms with van der Waals surface area (Å²) in [5.41, 5.74) is 0.431. The van der Waals surface area contributed by atoms with E-state index in [1.807, 2.05) is 6.08 Å². The van der Waals surface area contributed by atoms with Crippen LogP contribution in [0.4, 0.5) is 0 Å². The van der Waals surface area contributed by atoms with E-state index >= 15 is 0 Å². The first-order valence-electron chi connectivity index (χ1n) is 9.69. The van der Waals surface area contributed by atoms with Crippen LogP contribution in [0.2, 0.25) is 0 Å². The maximum absolute atomic E-state index is 12.2. The summed E-state index contributed by atoms with van der Waals surface area (Å²) >= 11 is 0. The minimum Gasteiger partial charge on any atom is -0.389 e. The maximum Gasteiger partial charge on any atom is 0.155 e. The van der Waals surface area contributed by atoms with Gasteiger partial charge in [-0.2, -0.15) is 0 Å². The quantitative estimate of drug-likeness (QED) is 0.795. The third-order valence-corrected chi connectivity index (χ3v) is 8.64. The molecule has 0 aromatic heterocycles. The van der Waals surface area contributed by atoms with Crippen molar-refractivity contribution in [3.05, 3.63) is 11.6 Å². The van der Waals surface area contributed by atoms with Crippen LogP contribution < -0.4 is 0 Å². The largest absolute Gasteiger partial charge is 0.389 e. The number of aliphatic hydroxyl groups is 1. The number of hydrogen-bond acceptors (Lipinski definition) is 3. The van der Waals surface area contributed by atoms with Crippen LogP contribution in [-0.4, -0.2) is 22.3 Å². The molecule has 0 bridgehead atoms. The van der Waals surface area contributed by atoms with Crippen molar-refractivity contribution in [3.63, 3.8) is 0 Å². The van der Waals surface area contributed by atoms with E-state index in [1.165, 1.54) is 5.57 Å². The van der Waals surface area contributed by atoms with Gasteiger partial charge < -0.3 is 5.11 Å². The van der Waals surface area contributed by atoms with Crippen molar-refractivity contribution in [2.45, 2.75) is 77.7 Å². The second-order valence-electron chi connectivity index (χ2n) is 9.39. The summed E-state index contributed by atoms with van der Waals surface area (Å²) in [6.45, 7) is 6.19. The molecule has 0 heterocycles. The van der Waals surface area contributed by atoms with E-state index in [1.54, 1.807) is 6.92 Å². The molecule has 0 aliphatic heterocycles. The molecule has 1 N–H and O–H groups in total. The smallest absolute Gasteiger partial charge is 0.155 e. The van der Waals surface area contributed by atoms with Gasteiger partial charge in [0.2, 0.25) is 0 Å². The molecule has 0 radical (unpaired) electrons. The van der Waals surface area contributed by atoms with E-state index in [2.05, 4.69) is 13.8 Å². The van der Waals surface area contributed by atoms with Crippen molar-refractivity contribution in [1.82, 2.24) is 0 Å². The first-order chi connectivity index (χ1) is 11.2. The first-order valence-corrected chi connectivity index (χ1v) is 9.69. The van der Waals surface area contributed by atoms with Gasteiger partial charge in [0.1, 0.15) is 5.78 Å². The van der Waals surface area contributed by atoms with Gasteiger partial charge in [-0.3, -0.25) is 9.59 Å². The second-order valence-corrected chi connectivity index (χ2v) is 9.39. The van der Waals surface area contributed by atoms with Crippen LogP contribution in [0.5, 0.6) is 0 Å². The van der Waals surface area contributed by atoms with Gasteiger partial charge in [0.05, 0.1) is 5.60 Å². The number of carbonyl (C=O) groups is 2. The molecule has 3 heteroatoms. The molecule has 3 fully saturated rings. The Morgan fingerprint density at radius 2 is 1.83 bits per heavy atom. The van der Waals surface area contributed by atoms with Gasteiger partial charge in [0.25, 0.3) is 0 Å². The minimum absolute atomic E-state index is 0.0149. The number of carbonyl (C=O) groups excluding carboxylic acids is 2. The average molecular weight is 330 g/mol. The van der Waals surface area contributed by atoms with E-state index in [9.17, 15) is 14.7 Å². The molecule has 24 heavy (non-hydrogen) atoms. The molecule has 6 atom stereocenters. The van der Waals surface area contributed by atoms with Crippen LogP contribution in [0, 0.1) is 28.6 Å². The van der Waals surface area contributed by atoms with Crippen molar-refractivity contribution in [2.75, 3.05) is 0 Å². The first kappa shape index (κ1) is 16.5. The van der Waals surface area contributed by atoms with Crippen LogP contribution in [-0.2, 0) is 9.59 Å². The number of allylic oxidation sites excluding steroid dienone is 1. The Morgan fingerprint density at radius 3 is 2.54 bits per heavy atom. The Hall–Kier alpha value is -0.960. The standard InChI is InChI=1S/C21H30O3/c1-13(22)16-8-11-21(24)18-5-4-14-12-15(23)6-9-19(14,2)17(18)7-10-20(16,21)3/h12,16-18,24H,4-11H2,1-3H3/t16-,17+,18-,19-,20-,21-/m0/s1. The Morgan fingerprint density at radius 1 is 1.08 bits per heavy atom. The van der Waals surface area contributed by atoms with Gasteiger partial charge in [0, 0.05) is 17.8 Å². The zero-order valence-electron chi connectivity index (χ0n) is 15.2. The Balaban J connectivity index is 1.73. The van der Waals surface area contributed by atoms with Gasteiger partial charge in [-0.15, -0.1) is 0 Å². The summed E-state index contributed by atoms with van der Waals surface area (Å²) in [5.74, 6) is 1.27. The molecule has 0 aromatic rings. The summed E-state index contributed by atoms with van der Waals surface area (Å²) in [6, 6.07) is 0. The van der Waals surface area contributed by atoms with Crippen molar-refractivity contribution in [2.24, 2.45) is 28.6 Å². The van der Waals surface area contributed by atoms with E-state index in [-0.39, 0.29) is 34.2 Å².